The predicted octanol–water partition coefficient (Wildman–Crippen LogP) is -0.842. The van der Waals surface area contributed by atoms with Crippen molar-refractivity contribution in [3.8, 4) is 0 Å². The van der Waals surface area contributed by atoms with E-state index in [1.54, 1.807) is 6.92 Å². The highest BCUT2D eigenvalue weighted by Gasteiger charge is 2.24. The van der Waals surface area contributed by atoms with Gasteiger partial charge in [-0.3, -0.25) is 19.7 Å². The van der Waals surface area contributed by atoms with Crippen LogP contribution in [0.3, 0.4) is 0 Å². The number of hydrogen-bond donors (Lipinski definition) is 4. The number of aliphatic carboxylic acids is 2. The molecular formula is C9H16N2O5. The van der Waals surface area contributed by atoms with Crippen LogP contribution in [-0.4, -0.2) is 40.1 Å². The van der Waals surface area contributed by atoms with E-state index < -0.39 is 29.9 Å². The van der Waals surface area contributed by atoms with Gasteiger partial charge in [-0.1, -0.05) is 6.92 Å². The topological polar surface area (TPSA) is 130 Å². The van der Waals surface area contributed by atoms with Gasteiger partial charge in [-0.05, 0) is 12.8 Å². The lowest BCUT2D eigenvalue weighted by molar-refractivity contribution is -0.142. The summed E-state index contributed by atoms with van der Waals surface area (Å²) < 4.78 is 0. The summed E-state index contributed by atoms with van der Waals surface area (Å²) in [7, 11) is 0. The SMILES string of the molecule is CCC(NC(CCC(N)=O)C(=O)O)C(=O)O. The molecule has 7 nitrogen and oxygen atoms in total. The molecule has 0 aromatic heterocycles. The van der Waals surface area contributed by atoms with E-state index in [2.05, 4.69) is 5.32 Å². The highest BCUT2D eigenvalue weighted by Crippen LogP contribution is 2.01. The van der Waals surface area contributed by atoms with E-state index in [0.717, 1.165) is 0 Å². The van der Waals surface area contributed by atoms with Gasteiger partial charge in [0, 0.05) is 6.42 Å². The molecule has 0 bridgehead atoms. The molecule has 0 aliphatic heterocycles. The molecule has 2 unspecified atom stereocenters. The number of carboxylic acids is 2. The van der Waals surface area contributed by atoms with Crippen molar-refractivity contribution in [1.82, 2.24) is 5.32 Å². The van der Waals surface area contributed by atoms with Crippen molar-refractivity contribution in [2.45, 2.75) is 38.3 Å². The van der Waals surface area contributed by atoms with E-state index in [1.807, 2.05) is 0 Å². The molecule has 0 aromatic rings. The smallest absolute Gasteiger partial charge is 0.320 e. The molecule has 0 spiro atoms. The summed E-state index contributed by atoms with van der Waals surface area (Å²) in [5.74, 6) is -2.93. The lowest BCUT2D eigenvalue weighted by Crippen LogP contribution is -2.47. The first-order chi connectivity index (χ1) is 7.38. The Morgan fingerprint density at radius 2 is 1.69 bits per heavy atom. The fourth-order valence-corrected chi connectivity index (χ4v) is 1.17. The van der Waals surface area contributed by atoms with E-state index in [-0.39, 0.29) is 19.3 Å². The first-order valence-corrected chi connectivity index (χ1v) is 4.88. The second-order valence-corrected chi connectivity index (χ2v) is 3.36. The molecule has 7 heteroatoms. The quantitative estimate of drug-likeness (QED) is 0.431. The summed E-state index contributed by atoms with van der Waals surface area (Å²) in [6, 6.07) is -2.01. The van der Waals surface area contributed by atoms with Crippen LogP contribution >= 0.6 is 0 Å². The average Bonchev–Trinajstić information content (AvgIpc) is 2.16. The molecule has 0 saturated carbocycles. The third kappa shape index (κ3) is 5.30. The Labute approximate surface area is 92.6 Å². The minimum absolute atomic E-state index is 0.0194. The van der Waals surface area contributed by atoms with Crippen LogP contribution in [0.15, 0.2) is 0 Å². The van der Waals surface area contributed by atoms with Gasteiger partial charge in [-0.25, -0.2) is 0 Å². The first-order valence-electron chi connectivity index (χ1n) is 4.88. The molecule has 0 saturated heterocycles. The maximum absolute atomic E-state index is 10.8. The number of carbonyl (C=O) groups is 3. The number of nitrogens with two attached hydrogens (primary N) is 1. The molecule has 5 N–H and O–H groups in total. The lowest BCUT2D eigenvalue weighted by atomic mass is 10.1. The van der Waals surface area contributed by atoms with E-state index >= 15 is 0 Å². The summed E-state index contributed by atoms with van der Waals surface area (Å²) in [4.78, 5) is 32.0. The van der Waals surface area contributed by atoms with Crippen LogP contribution in [0.1, 0.15) is 26.2 Å². The minimum Gasteiger partial charge on any atom is -0.480 e. The fraction of sp³-hybridized carbons (Fsp3) is 0.667. The van der Waals surface area contributed by atoms with Crippen LogP contribution in [0, 0.1) is 0 Å². The van der Waals surface area contributed by atoms with Gasteiger partial charge in [0.25, 0.3) is 0 Å². The number of rotatable bonds is 8. The highest BCUT2D eigenvalue weighted by molar-refractivity contribution is 5.79. The van der Waals surface area contributed by atoms with Crippen molar-refractivity contribution >= 4 is 17.8 Å². The number of primary amides is 1. The maximum atomic E-state index is 10.8. The number of amides is 1. The Morgan fingerprint density at radius 3 is 2.00 bits per heavy atom. The Hall–Kier alpha value is -1.63. The third-order valence-electron chi connectivity index (χ3n) is 2.09. The first kappa shape index (κ1) is 14.4. The van der Waals surface area contributed by atoms with Crippen molar-refractivity contribution in [2.24, 2.45) is 5.73 Å². The Kier molecular flexibility index (Phi) is 6.09. The second-order valence-electron chi connectivity index (χ2n) is 3.36. The molecule has 0 fully saturated rings. The number of carbonyl (C=O) groups excluding carboxylic acids is 1. The van der Waals surface area contributed by atoms with Gasteiger partial charge in [0.1, 0.15) is 12.1 Å². The van der Waals surface area contributed by atoms with Gasteiger partial charge in [0.15, 0.2) is 0 Å². The van der Waals surface area contributed by atoms with Crippen molar-refractivity contribution in [3.63, 3.8) is 0 Å². The van der Waals surface area contributed by atoms with Gasteiger partial charge in [0.2, 0.25) is 5.91 Å². The Bertz CT molecular complexity index is 279. The average molecular weight is 232 g/mol. The van der Waals surface area contributed by atoms with Gasteiger partial charge in [-0.15, -0.1) is 0 Å². The van der Waals surface area contributed by atoms with Crippen LogP contribution in [0.4, 0.5) is 0 Å². The van der Waals surface area contributed by atoms with Gasteiger partial charge in [-0.2, -0.15) is 0 Å². The van der Waals surface area contributed by atoms with Gasteiger partial charge >= 0.3 is 11.9 Å². The van der Waals surface area contributed by atoms with Crippen molar-refractivity contribution < 1.29 is 24.6 Å². The zero-order valence-corrected chi connectivity index (χ0v) is 8.97. The van der Waals surface area contributed by atoms with Crippen LogP contribution in [0.25, 0.3) is 0 Å². The summed E-state index contributed by atoms with van der Waals surface area (Å²) >= 11 is 0. The van der Waals surface area contributed by atoms with E-state index in [1.165, 1.54) is 0 Å². The lowest BCUT2D eigenvalue weighted by Gasteiger charge is -2.18. The molecule has 0 aromatic carbocycles. The van der Waals surface area contributed by atoms with E-state index in [9.17, 15) is 14.4 Å². The van der Waals surface area contributed by atoms with Crippen LogP contribution in [0.2, 0.25) is 0 Å². The van der Waals surface area contributed by atoms with Crippen molar-refractivity contribution in [3.05, 3.63) is 0 Å². The number of carboxylic acid groups (broad SMARTS) is 2. The molecule has 0 heterocycles. The summed E-state index contributed by atoms with van der Waals surface area (Å²) in [5.41, 5.74) is 4.89. The van der Waals surface area contributed by atoms with E-state index in [0.29, 0.717) is 0 Å². The van der Waals surface area contributed by atoms with Crippen LogP contribution in [0.5, 0.6) is 0 Å². The summed E-state index contributed by atoms with van der Waals surface area (Å²) in [5, 5.41) is 20.0. The molecule has 0 aliphatic rings. The second kappa shape index (κ2) is 6.78. The van der Waals surface area contributed by atoms with Gasteiger partial charge in [0.05, 0.1) is 0 Å². The molecule has 92 valence electrons. The minimum atomic E-state index is -1.19. The van der Waals surface area contributed by atoms with Crippen molar-refractivity contribution in [1.29, 1.82) is 0 Å². The van der Waals surface area contributed by atoms with Crippen LogP contribution in [-0.2, 0) is 14.4 Å². The molecule has 1 amide bonds. The molecular weight excluding hydrogens is 216 g/mol. The monoisotopic (exact) mass is 232 g/mol. The van der Waals surface area contributed by atoms with Crippen LogP contribution < -0.4 is 11.1 Å². The molecule has 16 heavy (non-hydrogen) atoms. The Balaban J connectivity index is 4.37. The Morgan fingerprint density at radius 1 is 1.19 bits per heavy atom. The molecule has 0 rings (SSSR count). The standard InChI is InChI=1S/C9H16N2O5/c1-2-5(8(13)14)11-6(9(15)16)3-4-7(10)12/h5-6,11H,2-4H2,1H3,(H2,10,12)(H,13,14)(H,15,16). The molecule has 0 radical (unpaired) electrons. The summed E-state index contributed by atoms with van der Waals surface area (Å²) in [6.07, 6.45) is 0.143. The number of nitrogens with one attached hydrogen (secondary N) is 1. The largest absolute Gasteiger partial charge is 0.480 e. The molecule has 0 aliphatic carbocycles. The van der Waals surface area contributed by atoms with E-state index in [4.69, 9.17) is 15.9 Å². The maximum Gasteiger partial charge on any atom is 0.320 e. The molecule has 2 atom stereocenters. The van der Waals surface area contributed by atoms with Gasteiger partial charge < -0.3 is 15.9 Å². The zero-order valence-electron chi connectivity index (χ0n) is 8.97. The van der Waals surface area contributed by atoms with Crippen molar-refractivity contribution in [2.75, 3.05) is 0 Å². The normalized spacial score (nSPS) is 14.1. The highest BCUT2D eigenvalue weighted by atomic mass is 16.4. The fourth-order valence-electron chi connectivity index (χ4n) is 1.17. The predicted molar refractivity (Wildman–Crippen MR) is 54.7 cm³/mol. The zero-order chi connectivity index (χ0) is 12.7. The third-order valence-corrected chi connectivity index (χ3v) is 2.09. The summed E-state index contributed by atoms with van der Waals surface area (Å²) in [6.45, 7) is 1.62. The number of hydrogen-bond acceptors (Lipinski definition) is 4.